The molecule has 1 amide bonds. The van der Waals surface area contributed by atoms with Crippen LogP contribution in [0.1, 0.15) is 20.8 Å². The average Bonchev–Trinajstić information content (AvgIpc) is 3.28. The summed E-state index contributed by atoms with van der Waals surface area (Å²) in [6.07, 6.45) is 5.07. The average molecular weight is 410 g/mol. The van der Waals surface area contributed by atoms with Crippen LogP contribution in [0.5, 0.6) is 0 Å². The molecule has 3 rings (SSSR count). The summed E-state index contributed by atoms with van der Waals surface area (Å²) in [5.41, 5.74) is 0.654. The van der Waals surface area contributed by atoms with Gasteiger partial charge < -0.3 is 10.2 Å². The first-order valence-corrected chi connectivity index (χ1v) is 11.1. The molecule has 0 saturated carbocycles. The third-order valence-electron chi connectivity index (χ3n) is 5.20. The quantitative estimate of drug-likeness (QED) is 0.652. The first-order chi connectivity index (χ1) is 13.4. The van der Waals surface area contributed by atoms with E-state index < -0.39 is 10.0 Å². The van der Waals surface area contributed by atoms with E-state index in [4.69, 9.17) is 0 Å². The molecule has 2 atom stereocenters. The molecule has 2 aromatic heterocycles. The molecule has 0 unspecified atom stereocenters. The second-order valence-electron chi connectivity index (χ2n) is 6.99. The van der Waals surface area contributed by atoms with Crippen molar-refractivity contribution in [2.45, 2.75) is 20.8 Å². The van der Waals surface area contributed by atoms with Crippen molar-refractivity contribution >= 4 is 27.4 Å². The number of fused-ring (bicyclic) bond motifs is 1. The Morgan fingerprint density at radius 2 is 2.07 bits per heavy atom. The number of rotatable bonds is 8. The van der Waals surface area contributed by atoms with E-state index in [2.05, 4.69) is 20.5 Å². The molecule has 10 nitrogen and oxygen atoms in total. The van der Waals surface area contributed by atoms with Gasteiger partial charge in [0, 0.05) is 45.1 Å². The van der Waals surface area contributed by atoms with E-state index in [1.165, 1.54) is 4.31 Å². The van der Waals surface area contributed by atoms with Crippen LogP contribution in [0, 0.1) is 11.8 Å². The molecule has 1 aliphatic heterocycles. The summed E-state index contributed by atoms with van der Waals surface area (Å²) in [7, 11) is -3.35. The number of nitrogens with one attached hydrogen (secondary N) is 1. The highest BCUT2D eigenvalue weighted by Gasteiger charge is 2.36. The van der Waals surface area contributed by atoms with Crippen LogP contribution in [0.15, 0.2) is 18.7 Å². The van der Waals surface area contributed by atoms with Crippen LogP contribution >= 0.6 is 0 Å². The number of sulfonamides is 1. The Labute approximate surface area is 165 Å². The fourth-order valence-electron chi connectivity index (χ4n) is 3.63. The Morgan fingerprint density at radius 3 is 2.79 bits per heavy atom. The second kappa shape index (κ2) is 8.39. The van der Waals surface area contributed by atoms with Crippen LogP contribution in [0.25, 0.3) is 5.65 Å². The van der Waals surface area contributed by atoms with Gasteiger partial charge in [-0.05, 0) is 5.92 Å². The van der Waals surface area contributed by atoms with Crippen molar-refractivity contribution in [1.29, 1.82) is 0 Å². The van der Waals surface area contributed by atoms with Gasteiger partial charge in [-0.25, -0.2) is 17.7 Å². The molecule has 1 aliphatic rings. The molecule has 11 heteroatoms. The summed E-state index contributed by atoms with van der Waals surface area (Å²) >= 11 is 0. The number of aromatic nitrogens is 4. The zero-order valence-electron chi connectivity index (χ0n) is 16.4. The van der Waals surface area contributed by atoms with Crippen molar-refractivity contribution in [2.24, 2.45) is 11.8 Å². The molecule has 2 aromatic rings. The molecule has 154 valence electrons. The maximum atomic E-state index is 12.6. The fourth-order valence-corrected chi connectivity index (χ4v) is 5.03. The third-order valence-corrected chi connectivity index (χ3v) is 7.23. The van der Waals surface area contributed by atoms with E-state index in [9.17, 15) is 13.2 Å². The maximum absolute atomic E-state index is 12.6. The lowest BCUT2D eigenvalue weighted by Gasteiger charge is -2.19. The van der Waals surface area contributed by atoms with Gasteiger partial charge in [-0.15, -0.1) is 10.2 Å². The molecule has 0 radical (unpaired) electrons. The summed E-state index contributed by atoms with van der Waals surface area (Å²) in [6.45, 7) is 7.78. The molecule has 0 spiro atoms. The molecule has 1 N–H and O–H groups in total. The van der Waals surface area contributed by atoms with Gasteiger partial charge in [0.05, 0.1) is 11.7 Å². The van der Waals surface area contributed by atoms with Crippen LogP contribution < -0.4 is 10.2 Å². The molecule has 3 heterocycles. The van der Waals surface area contributed by atoms with Gasteiger partial charge in [-0.3, -0.25) is 9.20 Å². The highest BCUT2D eigenvalue weighted by Crippen LogP contribution is 2.28. The standard InChI is InChI=1S/C17H27N7O3S/c1-4-24(5-2)28(26,27)9-7-19-17(25)14-11-23(10-13(14)3)15-16-21-20-12-22(16)8-6-18-15/h6,8,12-14H,4-5,7,9-11H2,1-3H3,(H,19,25)/t13-,14-/m1/s1. The minimum Gasteiger partial charge on any atom is -0.355 e. The summed E-state index contributed by atoms with van der Waals surface area (Å²) in [6, 6.07) is 0. The molecule has 28 heavy (non-hydrogen) atoms. The predicted molar refractivity (Wildman–Crippen MR) is 105 cm³/mol. The van der Waals surface area contributed by atoms with Crippen LogP contribution in [0.2, 0.25) is 0 Å². The molecular formula is C17H27N7O3S. The Balaban J connectivity index is 1.60. The molecular weight excluding hydrogens is 382 g/mol. The van der Waals surface area contributed by atoms with E-state index >= 15 is 0 Å². The van der Waals surface area contributed by atoms with E-state index in [0.717, 1.165) is 0 Å². The van der Waals surface area contributed by atoms with Gasteiger partial charge in [0.15, 0.2) is 5.82 Å². The maximum Gasteiger partial charge on any atom is 0.225 e. The van der Waals surface area contributed by atoms with Crippen molar-refractivity contribution < 1.29 is 13.2 Å². The largest absolute Gasteiger partial charge is 0.355 e. The lowest BCUT2D eigenvalue weighted by molar-refractivity contribution is -0.125. The summed E-state index contributed by atoms with van der Waals surface area (Å²) in [5, 5.41) is 10.8. The SMILES string of the molecule is CCN(CC)S(=O)(=O)CCNC(=O)[C@@H]1CN(c2nccn3cnnc23)C[C@H]1C. The van der Waals surface area contributed by atoms with Gasteiger partial charge in [-0.1, -0.05) is 20.8 Å². The van der Waals surface area contributed by atoms with Gasteiger partial charge >= 0.3 is 0 Å². The minimum atomic E-state index is -3.35. The smallest absolute Gasteiger partial charge is 0.225 e. The van der Waals surface area contributed by atoms with Gasteiger partial charge in [0.2, 0.25) is 21.6 Å². The lowest BCUT2D eigenvalue weighted by atomic mass is 9.97. The number of amides is 1. The van der Waals surface area contributed by atoms with Crippen LogP contribution in [-0.4, -0.2) is 76.7 Å². The van der Waals surface area contributed by atoms with Crippen LogP contribution in [-0.2, 0) is 14.8 Å². The normalized spacial score (nSPS) is 20.2. The molecule has 0 aromatic carbocycles. The highest BCUT2D eigenvalue weighted by molar-refractivity contribution is 7.89. The van der Waals surface area contributed by atoms with E-state index in [1.54, 1.807) is 37.0 Å². The molecule has 0 bridgehead atoms. The topological polar surface area (TPSA) is 113 Å². The Kier molecular flexibility index (Phi) is 6.14. The van der Waals surface area contributed by atoms with Crippen molar-refractivity contribution in [3.8, 4) is 0 Å². The molecule has 0 aliphatic carbocycles. The van der Waals surface area contributed by atoms with Crippen molar-refractivity contribution in [1.82, 2.24) is 29.2 Å². The lowest BCUT2D eigenvalue weighted by Crippen LogP contribution is -2.40. The van der Waals surface area contributed by atoms with Gasteiger partial charge in [-0.2, -0.15) is 0 Å². The number of nitrogens with zero attached hydrogens (tertiary/aromatic N) is 6. The molecule has 1 saturated heterocycles. The number of carbonyl (C=O) groups excluding carboxylic acids is 1. The molecule has 1 fully saturated rings. The number of anilines is 1. The van der Waals surface area contributed by atoms with Gasteiger partial charge in [0.1, 0.15) is 6.33 Å². The van der Waals surface area contributed by atoms with Crippen LogP contribution in [0.3, 0.4) is 0 Å². The Bertz CT molecular complexity index is 926. The third kappa shape index (κ3) is 4.09. The van der Waals surface area contributed by atoms with E-state index in [-0.39, 0.29) is 30.0 Å². The summed E-state index contributed by atoms with van der Waals surface area (Å²) in [5.74, 6) is 0.362. The Hall–Kier alpha value is -2.27. The van der Waals surface area contributed by atoms with Crippen molar-refractivity contribution in [3.63, 3.8) is 0 Å². The first-order valence-electron chi connectivity index (χ1n) is 9.52. The van der Waals surface area contributed by atoms with Crippen molar-refractivity contribution in [2.75, 3.05) is 43.4 Å². The zero-order chi connectivity index (χ0) is 20.3. The van der Waals surface area contributed by atoms with E-state index in [1.807, 2.05) is 11.8 Å². The Morgan fingerprint density at radius 1 is 1.32 bits per heavy atom. The predicted octanol–water partition coefficient (Wildman–Crippen LogP) is -0.0156. The van der Waals surface area contributed by atoms with E-state index in [0.29, 0.717) is 37.6 Å². The number of hydrogen-bond donors (Lipinski definition) is 1. The summed E-state index contributed by atoms with van der Waals surface area (Å²) in [4.78, 5) is 19.1. The van der Waals surface area contributed by atoms with Crippen molar-refractivity contribution in [3.05, 3.63) is 18.7 Å². The zero-order valence-corrected chi connectivity index (χ0v) is 17.3. The second-order valence-corrected chi connectivity index (χ2v) is 9.08. The van der Waals surface area contributed by atoms with Gasteiger partial charge in [0.25, 0.3) is 0 Å². The minimum absolute atomic E-state index is 0.0914. The monoisotopic (exact) mass is 409 g/mol. The van der Waals surface area contributed by atoms with Crippen LogP contribution in [0.4, 0.5) is 5.82 Å². The first kappa shape index (κ1) is 20.5. The highest BCUT2D eigenvalue weighted by atomic mass is 32.2. The number of carbonyl (C=O) groups is 1. The summed E-state index contributed by atoms with van der Waals surface area (Å²) < 4.78 is 27.7. The fraction of sp³-hybridized carbons (Fsp3) is 0.647. The number of hydrogen-bond acceptors (Lipinski definition) is 7.